The zero-order valence-corrected chi connectivity index (χ0v) is 15.2. The molecule has 26 heavy (non-hydrogen) atoms. The number of amides is 1. The second-order valence-electron chi connectivity index (χ2n) is 7.38. The highest BCUT2D eigenvalue weighted by atomic mass is 16.1. The van der Waals surface area contributed by atoms with E-state index >= 15 is 0 Å². The van der Waals surface area contributed by atoms with Gasteiger partial charge in [0, 0.05) is 30.1 Å². The van der Waals surface area contributed by atoms with Crippen molar-refractivity contribution in [3.8, 4) is 11.3 Å². The highest BCUT2D eigenvalue weighted by Gasteiger charge is 2.17. The standard InChI is InChI=1S/C22H25N3O/c1-16-10-11-18(20-15-25-12-6-5-9-21(25)23-20)14-19(16)24-22(26)13-17-7-3-2-4-8-17/h5-6,9-12,14-15,17H,2-4,7-8,13H2,1H3,(H,24,26). The minimum atomic E-state index is 0.132. The Hall–Kier alpha value is -2.62. The maximum Gasteiger partial charge on any atom is 0.224 e. The molecule has 0 radical (unpaired) electrons. The molecule has 1 aromatic carbocycles. The molecule has 4 heteroatoms. The molecule has 134 valence electrons. The van der Waals surface area contributed by atoms with Gasteiger partial charge in [-0.2, -0.15) is 0 Å². The summed E-state index contributed by atoms with van der Waals surface area (Å²) < 4.78 is 2.01. The van der Waals surface area contributed by atoms with Gasteiger partial charge in [0.05, 0.1) is 5.69 Å². The number of pyridine rings is 1. The van der Waals surface area contributed by atoms with Crippen molar-refractivity contribution >= 4 is 17.2 Å². The molecular weight excluding hydrogens is 322 g/mol. The predicted octanol–water partition coefficient (Wildman–Crippen LogP) is 5.22. The van der Waals surface area contributed by atoms with E-state index in [4.69, 9.17) is 0 Å². The zero-order valence-electron chi connectivity index (χ0n) is 15.2. The van der Waals surface area contributed by atoms with Gasteiger partial charge in [0.25, 0.3) is 0 Å². The predicted molar refractivity (Wildman–Crippen MR) is 105 cm³/mol. The Balaban J connectivity index is 1.53. The molecule has 2 aromatic heterocycles. The maximum atomic E-state index is 12.5. The van der Waals surface area contributed by atoms with Crippen LogP contribution in [0.5, 0.6) is 0 Å². The van der Waals surface area contributed by atoms with E-state index in [2.05, 4.69) is 22.4 Å². The van der Waals surface area contributed by atoms with E-state index in [9.17, 15) is 4.79 Å². The third-order valence-electron chi connectivity index (χ3n) is 5.37. The number of imidazole rings is 1. The number of nitrogens with one attached hydrogen (secondary N) is 1. The summed E-state index contributed by atoms with van der Waals surface area (Å²) in [5, 5.41) is 3.13. The van der Waals surface area contributed by atoms with Crippen LogP contribution < -0.4 is 5.32 Å². The normalized spacial score (nSPS) is 15.3. The molecule has 1 aliphatic rings. The minimum Gasteiger partial charge on any atom is -0.326 e. The molecule has 3 aromatic rings. The Morgan fingerprint density at radius 1 is 1.19 bits per heavy atom. The molecular formula is C22H25N3O. The van der Waals surface area contributed by atoms with Crippen molar-refractivity contribution in [3.05, 3.63) is 54.4 Å². The smallest absolute Gasteiger partial charge is 0.224 e. The Bertz CT molecular complexity index is 889. The summed E-state index contributed by atoms with van der Waals surface area (Å²) in [6, 6.07) is 12.1. The first-order valence-electron chi connectivity index (χ1n) is 9.54. The number of benzene rings is 1. The molecule has 1 fully saturated rings. The molecule has 0 atom stereocenters. The third kappa shape index (κ3) is 3.64. The summed E-state index contributed by atoms with van der Waals surface area (Å²) in [5.74, 6) is 0.679. The number of fused-ring (bicyclic) bond motifs is 1. The van der Waals surface area contributed by atoms with Crippen LogP contribution in [-0.4, -0.2) is 15.3 Å². The van der Waals surface area contributed by atoms with Gasteiger partial charge < -0.3 is 9.72 Å². The van der Waals surface area contributed by atoms with Gasteiger partial charge in [0.2, 0.25) is 5.91 Å². The minimum absolute atomic E-state index is 0.132. The molecule has 1 N–H and O–H groups in total. The van der Waals surface area contributed by atoms with E-state index in [1.54, 1.807) is 0 Å². The zero-order chi connectivity index (χ0) is 17.9. The third-order valence-corrected chi connectivity index (χ3v) is 5.37. The van der Waals surface area contributed by atoms with Gasteiger partial charge in [-0.15, -0.1) is 0 Å². The van der Waals surface area contributed by atoms with E-state index in [-0.39, 0.29) is 5.91 Å². The lowest BCUT2D eigenvalue weighted by Crippen LogP contribution is -2.18. The SMILES string of the molecule is Cc1ccc(-c2cn3ccccc3n2)cc1NC(=O)CC1CCCCC1. The lowest BCUT2D eigenvalue weighted by molar-refractivity contribution is -0.117. The summed E-state index contributed by atoms with van der Waals surface area (Å²) in [7, 11) is 0. The van der Waals surface area contributed by atoms with Crippen molar-refractivity contribution in [1.82, 2.24) is 9.38 Å². The van der Waals surface area contributed by atoms with Gasteiger partial charge >= 0.3 is 0 Å². The van der Waals surface area contributed by atoms with Crippen LogP contribution in [-0.2, 0) is 4.79 Å². The van der Waals surface area contributed by atoms with Crippen molar-refractivity contribution in [2.75, 3.05) is 5.32 Å². The van der Waals surface area contributed by atoms with Crippen LogP contribution in [0.15, 0.2) is 48.8 Å². The number of nitrogens with zero attached hydrogens (tertiary/aromatic N) is 2. The highest BCUT2D eigenvalue weighted by molar-refractivity contribution is 5.92. The number of aryl methyl sites for hydroxylation is 1. The molecule has 0 bridgehead atoms. The van der Waals surface area contributed by atoms with E-state index in [0.29, 0.717) is 12.3 Å². The molecule has 1 aliphatic carbocycles. The average molecular weight is 347 g/mol. The monoisotopic (exact) mass is 347 g/mol. The first-order chi connectivity index (χ1) is 12.7. The van der Waals surface area contributed by atoms with Gasteiger partial charge in [-0.3, -0.25) is 4.79 Å². The lowest BCUT2D eigenvalue weighted by Gasteiger charge is -2.21. The van der Waals surface area contributed by atoms with Crippen LogP contribution in [0.25, 0.3) is 16.9 Å². The number of hydrogen-bond donors (Lipinski definition) is 1. The number of carbonyl (C=O) groups is 1. The quantitative estimate of drug-likeness (QED) is 0.703. The number of hydrogen-bond acceptors (Lipinski definition) is 2. The van der Waals surface area contributed by atoms with Crippen LogP contribution in [0, 0.1) is 12.8 Å². The molecule has 2 heterocycles. The largest absolute Gasteiger partial charge is 0.326 e. The van der Waals surface area contributed by atoms with Crippen molar-refractivity contribution in [1.29, 1.82) is 0 Å². The van der Waals surface area contributed by atoms with Gasteiger partial charge in [0.1, 0.15) is 5.65 Å². The number of rotatable bonds is 4. The van der Waals surface area contributed by atoms with Crippen LogP contribution in [0.3, 0.4) is 0 Å². The van der Waals surface area contributed by atoms with Crippen LogP contribution in [0.2, 0.25) is 0 Å². The second-order valence-corrected chi connectivity index (χ2v) is 7.38. The lowest BCUT2D eigenvalue weighted by atomic mass is 9.87. The van der Waals surface area contributed by atoms with Crippen LogP contribution in [0.1, 0.15) is 44.1 Å². The van der Waals surface area contributed by atoms with Crippen molar-refractivity contribution < 1.29 is 4.79 Å². The Labute approximate surface area is 154 Å². The van der Waals surface area contributed by atoms with E-state index in [1.807, 2.05) is 48.0 Å². The molecule has 0 aliphatic heterocycles. The fraction of sp³-hybridized carbons (Fsp3) is 0.364. The van der Waals surface area contributed by atoms with E-state index in [1.165, 1.54) is 32.1 Å². The molecule has 4 rings (SSSR count). The summed E-state index contributed by atoms with van der Waals surface area (Å²) in [4.78, 5) is 17.2. The Morgan fingerprint density at radius 3 is 2.85 bits per heavy atom. The van der Waals surface area contributed by atoms with Gasteiger partial charge in [-0.1, -0.05) is 37.5 Å². The molecule has 1 saturated carbocycles. The number of anilines is 1. The van der Waals surface area contributed by atoms with Crippen LogP contribution >= 0.6 is 0 Å². The second kappa shape index (κ2) is 7.32. The van der Waals surface area contributed by atoms with Crippen molar-refractivity contribution in [2.24, 2.45) is 5.92 Å². The first kappa shape index (κ1) is 16.8. The molecule has 1 amide bonds. The topological polar surface area (TPSA) is 46.4 Å². The first-order valence-corrected chi connectivity index (χ1v) is 9.54. The molecule has 0 spiro atoms. The summed E-state index contributed by atoms with van der Waals surface area (Å²) in [5.41, 5.74) is 4.83. The summed E-state index contributed by atoms with van der Waals surface area (Å²) >= 11 is 0. The maximum absolute atomic E-state index is 12.5. The van der Waals surface area contributed by atoms with Crippen molar-refractivity contribution in [2.45, 2.75) is 45.4 Å². The van der Waals surface area contributed by atoms with Gasteiger partial charge in [0.15, 0.2) is 0 Å². The summed E-state index contributed by atoms with van der Waals surface area (Å²) in [6.07, 6.45) is 10.9. The van der Waals surface area contributed by atoms with Crippen molar-refractivity contribution in [3.63, 3.8) is 0 Å². The molecule has 0 unspecified atom stereocenters. The van der Waals surface area contributed by atoms with Gasteiger partial charge in [-0.25, -0.2) is 4.98 Å². The highest BCUT2D eigenvalue weighted by Crippen LogP contribution is 2.28. The fourth-order valence-corrected chi connectivity index (χ4v) is 3.84. The van der Waals surface area contributed by atoms with Crippen LogP contribution in [0.4, 0.5) is 5.69 Å². The fourth-order valence-electron chi connectivity index (χ4n) is 3.84. The summed E-state index contributed by atoms with van der Waals surface area (Å²) in [6.45, 7) is 2.03. The van der Waals surface area contributed by atoms with E-state index < -0.39 is 0 Å². The Kier molecular flexibility index (Phi) is 4.74. The van der Waals surface area contributed by atoms with Gasteiger partial charge in [-0.05, 0) is 49.4 Å². The molecule has 0 saturated heterocycles. The Morgan fingerprint density at radius 2 is 2.04 bits per heavy atom. The van der Waals surface area contributed by atoms with E-state index in [0.717, 1.165) is 28.2 Å². The number of carbonyl (C=O) groups excluding carboxylic acids is 1. The molecule has 4 nitrogen and oxygen atoms in total. The number of aromatic nitrogens is 2. The average Bonchev–Trinajstić information content (AvgIpc) is 3.08.